The van der Waals surface area contributed by atoms with Crippen molar-refractivity contribution in [1.29, 1.82) is 0 Å². The molecule has 1 amide bonds. The third-order valence-corrected chi connectivity index (χ3v) is 15.1. The minimum Gasteiger partial charge on any atom is -0.756 e. The maximum absolute atomic E-state index is 13.6. The number of phosphoric ester groups is 1. The van der Waals surface area contributed by atoms with Gasteiger partial charge in [-0.3, -0.25) is 14.2 Å². The van der Waals surface area contributed by atoms with E-state index in [9.17, 15) is 19.0 Å². The number of phosphoric acid groups is 1. The van der Waals surface area contributed by atoms with E-state index in [1.54, 1.807) is 0 Å². The number of allylic oxidation sites excluding steroid dienone is 11. The van der Waals surface area contributed by atoms with E-state index in [1.807, 2.05) is 33.3 Å². The molecule has 9 nitrogen and oxygen atoms in total. The Morgan fingerprint density at radius 3 is 1.21 bits per heavy atom. The standard InChI is InChI=1S/C67H123N2O7P/c1-7-10-13-16-19-22-25-28-30-32-34-36-38-41-44-47-50-53-56-59-66(70)68-64(63-75-77(72,73)74-62-61-69(4,5)6)65(58-55-52-49-46-43-40-27-24-21-18-15-12-9-3)76-67(71)60-57-54-51-48-45-42-39-37-35-33-31-29-26-23-20-17-14-11-8-2/h19-20,22-23,28-31,35,37,55,58,64-65H,7-18,21,24-27,32-34,36,38-54,56-57,59-63H2,1-6H3,(H-,68,70,72,73)/b22-19-,23-20-,30-28-,31-29-,37-35-,58-55+. The number of nitrogens with one attached hydrogen (secondary N) is 1. The zero-order valence-electron chi connectivity index (χ0n) is 51.2. The lowest BCUT2D eigenvalue weighted by molar-refractivity contribution is -0.870. The number of rotatable bonds is 58. The predicted octanol–water partition coefficient (Wildman–Crippen LogP) is 19.4. The van der Waals surface area contributed by atoms with Crippen LogP contribution >= 0.6 is 7.82 Å². The van der Waals surface area contributed by atoms with E-state index >= 15 is 0 Å². The first-order valence-electron chi connectivity index (χ1n) is 32.2. The third kappa shape index (κ3) is 57.9. The number of nitrogens with zero attached hydrogens (tertiary/aromatic N) is 1. The van der Waals surface area contributed by atoms with Crippen LogP contribution in [0.1, 0.15) is 290 Å². The summed E-state index contributed by atoms with van der Waals surface area (Å²) in [7, 11) is 1.17. The van der Waals surface area contributed by atoms with Gasteiger partial charge >= 0.3 is 5.97 Å². The van der Waals surface area contributed by atoms with Gasteiger partial charge in [-0.1, -0.05) is 248 Å². The van der Waals surface area contributed by atoms with Crippen LogP contribution in [-0.2, 0) is 27.9 Å². The van der Waals surface area contributed by atoms with Crippen LogP contribution in [0.2, 0.25) is 0 Å². The summed E-state index contributed by atoms with van der Waals surface area (Å²) in [5.41, 5.74) is 0. The fourth-order valence-electron chi connectivity index (χ4n) is 9.09. The number of esters is 1. The first-order valence-corrected chi connectivity index (χ1v) is 33.7. The quantitative estimate of drug-likeness (QED) is 0.0212. The maximum atomic E-state index is 13.6. The van der Waals surface area contributed by atoms with Gasteiger partial charge in [0.05, 0.1) is 33.8 Å². The second-order valence-corrected chi connectivity index (χ2v) is 24.3. The second kappa shape index (κ2) is 56.7. The molecule has 0 aromatic carbocycles. The summed E-state index contributed by atoms with van der Waals surface area (Å²) in [5, 5.41) is 3.03. The van der Waals surface area contributed by atoms with Crippen LogP contribution in [0.25, 0.3) is 0 Å². The van der Waals surface area contributed by atoms with Crippen molar-refractivity contribution in [3.05, 3.63) is 72.9 Å². The minimum atomic E-state index is -4.71. The molecule has 448 valence electrons. The van der Waals surface area contributed by atoms with Crippen LogP contribution in [-0.4, -0.2) is 69.4 Å². The Morgan fingerprint density at radius 2 is 0.792 bits per heavy atom. The highest BCUT2D eigenvalue weighted by molar-refractivity contribution is 7.45. The molecule has 10 heteroatoms. The van der Waals surface area contributed by atoms with Crippen molar-refractivity contribution in [2.45, 2.75) is 303 Å². The predicted molar refractivity (Wildman–Crippen MR) is 330 cm³/mol. The lowest BCUT2D eigenvalue weighted by Crippen LogP contribution is -2.47. The van der Waals surface area contributed by atoms with Crippen molar-refractivity contribution in [3.8, 4) is 0 Å². The number of quaternary nitrogens is 1. The van der Waals surface area contributed by atoms with Gasteiger partial charge in [-0.25, -0.2) is 0 Å². The summed E-state index contributed by atoms with van der Waals surface area (Å²) >= 11 is 0. The molecule has 0 aliphatic carbocycles. The van der Waals surface area contributed by atoms with E-state index in [-0.39, 0.29) is 24.9 Å². The molecule has 0 saturated heterocycles. The molecule has 1 N–H and O–H groups in total. The topological polar surface area (TPSA) is 114 Å². The SMILES string of the molecule is CCCCC/C=C\C/C=C\C/C=C\CCCCCCCCC(=O)OC(/C=C/CCCCCCCCCCCCC)C(COP(=O)([O-])OCC[N+](C)(C)C)NC(=O)CCCCCCCCCCC/C=C\C/C=C\CCCCC. The monoisotopic (exact) mass is 1100 g/mol. The van der Waals surface area contributed by atoms with Crippen molar-refractivity contribution >= 4 is 19.7 Å². The molecule has 0 aromatic rings. The molecule has 0 aromatic heterocycles. The number of ether oxygens (including phenoxy) is 1. The van der Waals surface area contributed by atoms with E-state index in [1.165, 1.54) is 154 Å². The summed E-state index contributed by atoms with van der Waals surface area (Å²) in [6.45, 7) is 6.80. The van der Waals surface area contributed by atoms with Crippen molar-refractivity contribution in [2.24, 2.45) is 0 Å². The molecule has 0 heterocycles. The van der Waals surface area contributed by atoms with E-state index in [4.69, 9.17) is 13.8 Å². The minimum absolute atomic E-state index is 0.0274. The Labute approximate surface area is 476 Å². The third-order valence-electron chi connectivity index (χ3n) is 14.1. The highest BCUT2D eigenvalue weighted by atomic mass is 31.2. The molecule has 0 radical (unpaired) electrons. The summed E-state index contributed by atoms with van der Waals surface area (Å²) in [6.07, 6.45) is 72.8. The van der Waals surface area contributed by atoms with E-state index < -0.39 is 26.6 Å². The van der Waals surface area contributed by atoms with Crippen molar-refractivity contribution in [2.75, 3.05) is 40.9 Å². The van der Waals surface area contributed by atoms with Gasteiger partial charge in [0.1, 0.15) is 19.3 Å². The van der Waals surface area contributed by atoms with Gasteiger partial charge in [0, 0.05) is 12.8 Å². The number of carbonyl (C=O) groups is 2. The van der Waals surface area contributed by atoms with Gasteiger partial charge in [-0.15, -0.1) is 0 Å². The van der Waals surface area contributed by atoms with Crippen molar-refractivity contribution < 1.29 is 37.3 Å². The normalized spacial score (nSPS) is 14.1. The van der Waals surface area contributed by atoms with Gasteiger partial charge in [0.15, 0.2) is 0 Å². The molecule has 3 atom stereocenters. The fourth-order valence-corrected chi connectivity index (χ4v) is 9.81. The molecule has 0 saturated carbocycles. The van der Waals surface area contributed by atoms with Crippen LogP contribution in [0, 0.1) is 0 Å². The first kappa shape index (κ1) is 74.5. The molecule has 3 unspecified atom stereocenters. The van der Waals surface area contributed by atoms with E-state index in [2.05, 4.69) is 86.8 Å². The Hall–Kier alpha value is -2.55. The number of unbranched alkanes of at least 4 members (excludes halogenated alkanes) is 32. The van der Waals surface area contributed by atoms with E-state index in [0.29, 0.717) is 23.9 Å². The zero-order valence-corrected chi connectivity index (χ0v) is 52.0. The molecule has 0 fully saturated rings. The van der Waals surface area contributed by atoms with Gasteiger partial charge in [-0.2, -0.15) is 0 Å². The number of hydrogen-bond acceptors (Lipinski definition) is 7. The van der Waals surface area contributed by atoms with Crippen LogP contribution < -0.4 is 10.2 Å². The van der Waals surface area contributed by atoms with Crippen molar-refractivity contribution in [1.82, 2.24) is 5.32 Å². The zero-order chi connectivity index (χ0) is 56.4. The Balaban J connectivity index is 5.28. The van der Waals surface area contributed by atoms with Gasteiger partial charge in [-0.05, 0) is 102 Å². The fraction of sp³-hybridized carbons (Fsp3) is 0.791. The highest BCUT2D eigenvalue weighted by Crippen LogP contribution is 2.38. The van der Waals surface area contributed by atoms with E-state index in [0.717, 1.165) is 96.3 Å². The maximum Gasteiger partial charge on any atom is 0.306 e. The smallest absolute Gasteiger partial charge is 0.306 e. The molecule has 0 spiro atoms. The molecule has 77 heavy (non-hydrogen) atoms. The summed E-state index contributed by atoms with van der Waals surface area (Å²) < 4.78 is 30.4. The largest absolute Gasteiger partial charge is 0.756 e. The Bertz CT molecular complexity index is 1550. The Morgan fingerprint density at radius 1 is 0.455 bits per heavy atom. The lowest BCUT2D eigenvalue weighted by atomic mass is 10.0. The average molecular weight is 1100 g/mol. The average Bonchev–Trinajstić information content (AvgIpc) is 3.39. The molecule has 0 rings (SSSR count). The van der Waals surface area contributed by atoms with Gasteiger partial charge < -0.3 is 28.5 Å². The molecular formula is C67H123N2O7P. The first-order chi connectivity index (χ1) is 37.4. The Kier molecular flexibility index (Phi) is 54.8. The number of hydrogen-bond donors (Lipinski definition) is 1. The summed E-state index contributed by atoms with van der Waals surface area (Å²) in [5.74, 6) is -0.556. The van der Waals surface area contributed by atoms with Crippen LogP contribution in [0.3, 0.4) is 0 Å². The number of likely N-dealkylation sites (N-methyl/N-ethyl adjacent to an activating group) is 1. The van der Waals surface area contributed by atoms with Crippen LogP contribution in [0.15, 0.2) is 72.9 Å². The number of amides is 1. The lowest BCUT2D eigenvalue weighted by Gasteiger charge is -2.30. The van der Waals surface area contributed by atoms with Crippen molar-refractivity contribution in [3.63, 3.8) is 0 Å². The van der Waals surface area contributed by atoms with Gasteiger partial charge in [0.25, 0.3) is 7.82 Å². The molecule has 0 aliphatic rings. The van der Waals surface area contributed by atoms with Crippen LogP contribution in [0.5, 0.6) is 0 Å². The molecular weight excluding hydrogens is 976 g/mol. The van der Waals surface area contributed by atoms with Crippen LogP contribution in [0.4, 0.5) is 0 Å². The number of carbonyl (C=O) groups excluding carboxylic acids is 2. The molecule has 0 aliphatic heterocycles. The second-order valence-electron chi connectivity index (χ2n) is 22.9. The summed E-state index contributed by atoms with van der Waals surface area (Å²) in [6, 6.07) is -0.899. The molecule has 0 bridgehead atoms. The highest BCUT2D eigenvalue weighted by Gasteiger charge is 2.27. The van der Waals surface area contributed by atoms with Gasteiger partial charge in [0.2, 0.25) is 5.91 Å². The summed E-state index contributed by atoms with van der Waals surface area (Å²) in [4.78, 5) is 40.1.